The highest BCUT2D eigenvalue weighted by Crippen LogP contribution is 2.22. The quantitative estimate of drug-likeness (QED) is 0.706. The van der Waals surface area contributed by atoms with Crippen molar-refractivity contribution < 1.29 is 14.4 Å². The van der Waals surface area contributed by atoms with Gasteiger partial charge in [-0.25, -0.2) is 4.98 Å². The molecule has 0 radical (unpaired) electrons. The molecule has 0 bridgehead atoms. The first-order valence-corrected chi connectivity index (χ1v) is 9.53. The molecule has 3 heterocycles. The molecule has 1 aliphatic heterocycles. The maximum atomic E-state index is 9.76. The second kappa shape index (κ2) is 8.42. The summed E-state index contributed by atoms with van der Waals surface area (Å²) in [6.07, 6.45) is 4.89. The molecule has 0 spiro atoms. The Kier molecular flexibility index (Phi) is 5.56. The van der Waals surface area contributed by atoms with Crippen molar-refractivity contribution in [1.82, 2.24) is 14.7 Å². The van der Waals surface area contributed by atoms with Crippen LogP contribution in [0.3, 0.4) is 0 Å². The maximum absolute atomic E-state index is 9.76. The van der Waals surface area contributed by atoms with Crippen LogP contribution in [0.5, 0.6) is 0 Å². The van der Waals surface area contributed by atoms with E-state index in [1.165, 1.54) is 0 Å². The molecule has 1 N–H and O–H groups in total. The Morgan fingerprint density at radius 2 is 2.04 bits per heavy atom. The molecule has 0 aliphatic carbocycles. The van der Waals surface area contributed by atoms with Crippen LogP contribution in [0.15, 0.2) is 47.2 Å². The van der Waals surface area contributed by atoms with Gasteiger partial charge in [0.1, 0.15) is 17.6 Å². The van der Waals surface area contributed by atoms with Gasteiger partial charge in [0.25, 0.3) is 0 Å². The standard InChI is InChI=1S/C22H23N3O3/c1-16(26)22-23-10-11-25(22)15-20-14-21(28-24-20)19-6-4-17(5-7-19)2-3-18-8-12-27-13-9-18/h4-7,10-11,14,16,18,26H,8-9,12-13,15H2,1H3. The molecule has 1 saturated heterocycles. The summed E-state index contributed by atoms with van der Waals surface area (Å²) >= 11 is 0. The van der Waals surface area contributed by atoms with Crippen LogP contribution in [0.4, 0.5) is 0 Å². The van der Waals surface area contributed by atoms with Gasteiger partial charge in [0.05, 0.1) is 6.54 Å². The van der Waals surface area contributed by atoms with E-state index in [1.807, 2.05) is 41.1 Å². The van der Waals surface area contributed by atoms with E-state index in [2.05, 4.69) is 22.0 Å². The predicted octanol–water partition coefficient (Wildman–Crippen LogP) is 3.42. The number of rotatable bonds is 4. The number of nitrogens with zero attached hydrogens (tertiary/aromatic N) is 3. The summed E-state index contributed by atoms with van der Waals surface area (Å²) in [5, 5.41) is 13.9. The molecule has 1 fully saturated rings. The summed E-state index contributed by atoms with van der Waals surface area (Å²) in [6, 6.07) is 9.92. The van der Waals surface area contributed by atoms with Gasteiger partial charge in [0.15, 0.2) is 5.76 Å². The fraction of sp³-hybridized carbons (Fsp3) is 0.364. The highest BCUT2D eigenvalue weighted by Gasteiger charge is 2.13. The van der Waals surface area contributed by atoms with Gasteiger partial charge in [0.2, 0.25) is 0 Å². The lowest BCUT2D eigenvalue weighted by Gasteiger charge is -2.16. The van der Waals surface area contributed by atoms with Gasteiger partial charge in [0, 0.05) is 48.7 Å². The second-order valence-corrected chi connectivity index (χ2v) is 7.01. The molecule has 1 unspecified atom stereocenters. The summed E-state index contributed by atoms with van der Waals surface area (Å²) in [5.41, 5.74) is 2.73. The van der Waals surface area contributed by atoms with Gasteiger partial charge >= 0.3 is 0 Å². The summed E-state index contributed by atoms with van der Waals surface area (Å²) in [5.74, 6) is 8.35. The van der Waals surface area contributed by atoms with E-state index in [1.54, 1.807) is 13.1 Å². The zero-order valence-electron chi connectivity index (χ0n) is 15.8. The molecule has 6 nitrogen and oxygen atoms in total. The van der Waals surface area contributed by atoms with E-state index in [-0.39, 0.29) is 0 Å². The monoisotopic (exact) mass is 377 g/mol. The van der Waals surface area contributed by atoms with Crippen molar-refractivity contribution in [1.29, 1.82) is 0 Å². The molecule has 6 heteroatoms. The van der Waals surface area contributed by atoms with Gasteiger partial charge in [-0.15, -0.1) is 0 Å². The minimum atomic E-state index is -0.629. The number of hydrogen-bond acceptors (Lipinski definition) is 5. The smallest absolute Gasteiger partial charge is 0.167 e. The number of benzene rings is 1. The van der Waals surface area contributed by atoms with E-state index in [4.69, 9.17) is 9.26 Å². The van der Waals surface area contributed by atoms with Gasteiger partial charge in [-0.2, -0.15) is 0 Å². The van der Waals surface area contributed by atoms with Crippen LogP contribution in [-0.2, 0) is 11.3 Å². The zero-order valence-corrected chi connectivity index (χ0v) is 15.8. The molecule has 0 amide bonds. The molecular weight excluding hydrogens is 354 g/mol. The Balaban J connectivity index is 1.44. The lowest BCUT2D eigenvalue weighted by molar-refractivity contribution is 0.0807. The molecule has 2 aromatic heterocycles. The molecule has 1 atom stereocenters. The van der Waals surface area contributed by atoms with E-state index >= 15 is 0 Å². The van der Waals surface area contributed by atoms with Crippen LogP contribution in [0.1, 0.15) is 43.0 Å². The van der Waals surface area contributed by atoms with Crippen LogP contribution in [0.25, 0.3) is 11.3 Å². The fourth-order valence-electron chi connectivity index (χ4n) is 3.26. The Morgan fingerprint density at radius 1 is 1.25 bits per heavy atom. The van der Waals surface area contributed by atoms with Crippen molar-refractivity contribution in [3.8, 4) is 23.2 Å². The highest BCUT2D eigenvalue weighted by molar-refractivity contribution is 5.59. The van der Waals surface area contributed by atoms with Crippen molar-refractivity contribution >= 4 is 0 Å². The molecule has 0 saturated carbocycles. The van der Waals surface area contributed by atoms with Crippen molar-refractivity contribution in [2.45, 2.75) is 32.4 Å². The van der Waals surface area contributed by atoms with Crippen LogP contribution < -0.4 is 0 Å². The first-order chi connectivity index (χ1) is 13.7. The van der Waals surface area contributed by atoms with Crippen LogP contribution >= 0.6 is 0 Å². The first kappa shape index (κ1) is 18.5. The molecule has 1 aromatic carbocycles. The Bertz CT molecular complexity index is 970. The maximum Gasteiger partial charge on any atom is 0.167 e. The van der Waals surface area contributed by atoms with Crippen LogP contribution in [0.2, 0.25) is 0 Å². The third kappa shape index (κ3) is 4.33. The van der Waals surface area contributed by atoms with Gasteiger partial charge < -0.3 is 18.9 Å². The van der Waals surface area contributed by atoms with Crippen LogP contribution in [0, 0.1) is 17.8 Å². The fourth-order valence-corrected chi connectivity index (χ4v) is 3.26. The summed E-state index contributed by atoms with van der Waals surface area (Å²) in [7, 11) is 0. The van der Waals surface area contributed by atoms with E-state index in [9.17, 15) is 5.11 Å². The number of aromatic nitrogens is 3. The number of hydrogen-bond donors (Lipinski definition) is 1. The van der Waals surface area contributed by atoms with E-state index < -0.39 is 6.10 Å². The van der Waals surface area contributed by atoms with Gasteiger partial charge in [-0.05, 0) is 44.0 Å². The summed E-state index contributed by atoms with van der Waals surface area (Å²) < 4.78 is 12.7. The lowest BCUT2D eigenvalue weighted by Crippen LogP contribution is -2.13. The van der Waals surface area contributed by atoms with Crippen molar-refractivity contribution in [2.24, 2.45) is 5.92 Å². The van der Waals surface area contributed by atoms with Crippen LogP contribution in [-0.4, -0.2) is 33.0 Å². The van der Waals surface area contributed by atoms with Gasteiger partial charge in [-0.1, -0.05) is 17.0 Å². The second-order valence-electron chi connectivity index (χ2n) is 7.01. The Labute approximate surface area is 164 Å². The molecule has 1 aliphatic rings. The first-order valence-electron chi connectivity index (χ1n) is 9.53. The average molecular weight is 377 g/mol. The third-order valence-corrected chi connectivity index (χ3v) is 4.82. The zero-order chi connectivity index (χ0) is 19.3. The number of aliphatic hydroxyl groups excluding tert-OH is 1. The predicted molar refractivity (Wildman–Crippen MR) is 104 cm³/mol. The average Bonchev–Trinajstić information content (AvgIpc) is 3.38. The normalized spacial score (nSPS) is 15.8. The number of aliphatic hydroxyl groups is 1. The highest BCUT2D eigenvalue weighted by atomic mass is 16.5. The van der Waals surface area contributed by atoms with E-state index in [0.717, 1.165) is 42.9 Å². The Morgan fingerprint density at radius 3 is 2.79 bits per heavy atom. The van der Waals surface area contributed by atoms with Gasteiger partial charge in [-0.3, -0.25) is 0 Å². The third-order valence-electron chi connectivity index (χ3n) is 4.82. The summed E-state index contributed by atoms with van der Waals surface area (Å²) in [6.45, 7) is 3.81. The lowest BCUT2D eigenvalue weighted by atomic mass is 10.0. The largest absolute Gasteiger partial charge is 0.385 e. The molecule has 3 aromatic rings. The van der Waals surface area contributed by atoms with E-state index in [0.29, 0.717) is 24.0 Å². The topological polar surface area (TPSA) is 73.3 Å². The SMILES string of the molecule is CC(O)c1nccn1Cc1cc(-c2ccc(C#CC3CCOCC3)cc2)on1. The minimum absolute atomic E-state index is 0.431. The Hall–Kier alpha value is -2.88. The molecule has 4 rings (SSSR count). The molecule has 144 valence electrons. The van der Waals surface area contributed by atoms with Crippen molar-refractivity contribution in [3.05, 3.63) is 59.8 Å². The van der Waals surface area contributed by atoms with Crippen molar-refractivity contribution in [2.75, 3.05) is 13.2 Å². The summed E-state index contributed by atoms with van der Waals surface area (Å²) in [4.78, 5) is 4.17. The molecule has 28 heavy (non-hydrogen) atoms. The number of imidazole rings is 1. The number of ether oxygens (including phenoxy) is 1. The minimum Gasteiger partial charge on any atom is -0.385 e. The van der Waals surface area contributed by atoms with Crippen molar-refractivity contribution in [3.63, 3.8) is 0 Å². The molecular formula is C22H23N3O3.